The van der Waals surface area contributed by atoms with Gasteiger partial charge in [-0.2, -0.15) is 11.8 Å². The number of carbonyl (C=O) groups is 2. The first-order valence-electron chi connectivity index (χ1n) is 8.66. The number of urea groups is 1. The molecule has 2 fully saturated rings. The van der Waals surface area contributed by atoms with Gasteiger partial charge < -0.3 is 15.5 Å². The molecule has 24 heavy (non-hydrogen) atoms. The Bertz CT molecular complexity index is 578. The van der Waals surface area contributed by atoms with Crippen LogP contribution in [0.5, 0.6) is 0 Å². The lowest BCUT2D eigenvalue weighted by Crippen LogP contribution is -2.39. The molecule has 5 nitrogen and oxygen atoms in total. The second kappa shape index (κ2) is 7.92. The van der Waals surface area contributed by atoms with Crippen LogP contribution in [0.25, 0.3) is 0 Å². The lowest BCUT2D eigenvalue weighted by Gasteiger charge is -2.24. The van der Waals surface area contributed by atoms with Crippen LogP contribution in [0.2, 0.25) is 0 Å². The number of thioether (sulfide) groups is 1. The van der Waals surface area contributed by atoms with Crippen molar-refractivity contribution in [2.24, 2.45) is 0 Å². The Balaban J connectivity index is 1.53. The molecule has 1 saturated carbocycles. The highest BCUT2D eigenvalue weighted by Crippen LogP contribution is 2.22. The Labute approximate surface area is 147 Å². The van der Waals surface area contributed by atoms with Crippen molar-refractivity contribution >= 4 is 29.4 Å². The van der Waals surface area contributed by atoms with Crippen LogP contribution in [0.15, 0.2) is 24.3 Å². The SMILES string of the molecule is CN(C(=O)Nc1ccc(C(=O)NC2CCCC2)cc1)[C@@H]1CCSC1. The van der Waals surface area contributed by atoms with Gasteiger partial charge in [0.05, 0.1) is 0 Å². The monoisotopic (exact) mass is 347 g/mol. The summed E-state index contributed by atoms with van der Waals surface area (Å²) in [6.45, 7) is 0. The minimum atomic E-state index is -0.0920. The lowest BCUT2D eigenvalue weighted by molar-refractivity contribution is 0.0938. The van der Waals surface area contributed by atoms with Gasteiger partial charge in [0.2, 0.25) is 0 Å². The standard InChI is InChI=1S/C18H25N3O2S/c1-21(16-10-11-24-12-16)18(23)20-15-8-6-13(7-9-15)17(22)19-14-4-2-3-5-14/h6-9,14,16H,2-5,10-12H2,1H3,(H,19,22)(H,20,23)/t16-/m1/s1. The number of anilines is 1. The van der Waals surface area contributed by atoms with Crippen LogP contribution in [-0.4, -0.2) is 47.5 Å². The van der Waals surface area contributed by atoms with E-state index in [9.17, 15) is 9.59 Å². The van der Waals surface area contributed by atoms with Crippen LogP contribution < -0.4 is 10.6 Å². The van der Waals surface area contributed by atoms with Gasteiger partial charge in [-0.05, 0) is 49.3 Å². The fourth-order valence-corrected chi connectivity index (χ4v) is 4.52. The van der Waals surface area contributed by atoms with Crippen LogP contribution in [0.3, 0.4) is 0 Å². The number of rotatable bonds is 4. The number of nitrogens with zero attached hydrogens (tertiary/aromatic N) is 1. The van der Waals surface area contributed by atoms with Gasteiger partial charge in [0.25, 0.3) is 5.91 Å². The van der Waals surface area contributed by atoms with Gasteiger partial charge in [0.15, 0.2) is 0 Å². The maximum Gasteiger partial charge on any atom is 0.321 e. The second-order valence-electron chi connectivity index (χ2n) is 6.59. The summed E-state index contributed by atoms with van der Waals surface area (Å²) in [5.41, 5.74) is 1.36. The fraction of sp³-hybridized carbons (Fsp3) is 0.556. The Morgan fingerprint density at radius 3 is 2.46 bits per heavy atom. The minimum absolute atomic E-state index is 0.0279. The first kappa shape index (κ1) is 17.1. The molecule has 3 amide bonds. The molecular weight excluding hydrogens is 322 g/mol. The Morgan fingerprint density at radius 2 is 1.83 bits per heavy atom. The van der Waals surface area contributed by atoms with Crippen molar-refractivity contribution in [2.45, 2.75) is 44.2 Å². The highest BCUT2D eigenvalue weighted by atomic mass is 32.2. The third kappa shape index (κ3) is 4.23. The van der Waals surface area contributed by atoms with E-state index in [-0.39, 0.29) is 11.9 Å². The zero-order chi connectivity index (χ0) is 16.9. The summed E-state index contributed by atoms with van der Waals surface area (Å²) in [5.74, 6) is 2.09. The lowest BCUT2D eigenvalue weighted by atomic mass is 10.1. The van der Waals surface area contributed by atoms with Gasteiger partial charge >= 0.3 is 6.03 Å². The average molecular weight is 347 g/mol. The van der Waals surface area contributed by atoms with E-state index in [0.29, 0.717) is 17.6 Å². The molecule has 0 radical (unpaired) electrons. The molecule has 0 aromatic heterocycles. The Kier molecular flexibility index (Phi) is 5.66. The quantitative estimate of drug-likeness (QED) is 0.878. The van der Waals surface area contributed by atoms with E-state index in [2.05, 4.69) is 10.6 Å². The zero-order valence-electron chi connectivity index (χ0n) is 14.1. The molecule has 3 rings (SSSR count). The predicted molar refractivity (Wildman–Crippen MR) is 98.7 cm³/mol. The zero-order valence-corrected chi connectivity index (χ0v) is 14.9. The third-order valence-electron chi connectivity index (χ3n) is 4.86. The minimum Gasteiger partial charge on any atom is -0.349 e. The first-order chi connectivity index (χ1) is 11.6. The van der Waals surface area contributed by atoms with Crippen LogP contribution in [0.1, 0.15) is 42.5 Å². The molecule has 2 N–H and O–H groups in total. The van der Waals surface area contributed by atoms with E-state index in [4.69, 9.17) is 0 Å². The van der Waals surface area contributed by atoms with Gasteiger partial charge in [-0.25, -0.2) is 4.79 Å². The fourth-order valence-electron chi connectivity index (χ4n) is 3.25. The molecule has 1 atom stereocenters. The van der Waals surface area contributed by atoms with E-state index in [1.165, 1.54) is 12.8 Å². The van der Waals surface area contributed by atoms with E-state index < -0.39 is 0 Å². The van der Waals surface area contributed by atoms with Gasteiger partial charge in [-0.1, -0.05) is 12.8 Å². The number of hydrogen-bond acceptors (Lipinski definition) is 3. The Morgan fingerprint density at radius 1 is 1.12 bits per heavy atom. The first-order valence-corrected chi connectivity index (χ1v) is 9.81. The van der Waals surface area contributed by atoms with E-state index in [1.54, 1.807) is 29.2 Å². The molecule has 0 bridgehead atoms. The van der Waals surface area contributed by atoms with Crippen molar-refractivity contribution in [1.29, 1.82) is 0 Å². The summed E-state index contributed by atoms with van der Waals surface area (Å²) in [6, 6.07) is 7.65. The highest BCUT2D eigenvalue weighted by molar-refractivity contribution is 7.99. The molecule has 0 spiro atoms. The second-order valence-corrected chi connectivity index (χ2v) is 7.74. The van der Waals surface area contributed by atoms with Crippen molar-refractivity contribution < 1.29 is 9.59 Å². The molecule has 6 heteroatoms. The van der Waals surface area contributed by atoms with Crippen LogP contribution in [0.4, 0.5) is 10.5 Å². The molecule has 130 valence electrons. The largest absolute Gasteiger partial charge is 0.349 e. The molecule has 1 saturated heterocycles. The van der Waals surface area contributed by atoms with Crippen molar-refractivity contribution in [3.8, 4) is 0 Å². The molecule has 1 heterocycles. The van der Waals surface area contributed by atoms with Crippen molar-refractivity contribution in [1.82, 2.24) is 10.2 Å². The number of benzene rings is 1. The van der Waals surface area contributed by atoms with E-state index in [1.807, 2.05) is 18.8 Å². The molecule has 1 aromatic rings. The maximum atomic E-state index is 12.3. The summed E-state index contributed by atoms with van der Waals surface area (Å²) < 4.78 is 0. The normalized spacial score (nSPS) is 20.8. The third-order valence-corrected chi connectivity index (χ3v) is 6.01. The number of amides is 3. The molecule has 0 unspecified atom stereocenters. The molecular formula is C18H25N3O2S. The number of carbonyl (C=O) groups excluding carboxylic acids is 2. The summed E-state index contributed by atoms with van der Waals surface area (Å²) in [7, 11) is 1.84. The molecule has 1 aliphatic carbocycles. The average Bonchev–Trinajstić information content (AvgIpc) is 3.28. The highest BCUT2D eigenvalue weighted by Gasteiger charge is 2.24. The summed E-state index contributed by atoms with van der Waals surface area (Å²) in [4.78, 5) is 26.3. The van der Waals surface area contributed by atoms with Gasteiger partial charge in [-0.15, -0.1) is 0 Å². The van der Waals surface area contributed by atoms with Crippen molar-refractivity contribution in [2.75, 3.05) is 23.9 Å². The maximum absolute atomic E-state index is 12.3. The van der Waals surface area contributed by atoms with Gasteiger partial charge in [-0.3, -0.25) is 4.79 Å². The van der Waals surface area contributed by atoms with E-state index in [0.717, 1.165) is 36.5 Å². The molecule has 2 aliphatic rings. The number of hydrogen-bond donors (Lipinski definition) is 2. The molecule has 1 aliphatic heterocycles. The van der Waals surface area contributed by atoms with E-state index >= 15 is 0 Å². The summed E-state index contributed by atoms with van der Waals surface area (Å²) in [5, 5.41) is 5.98. The van der Waals surface area contributed by atoms with Crippen molar-refractivity contribution in [3.63, 3.8) is 0 Å². The number of nitrogens with one attached hydrogen (secondary N) is 2. The summed E-state index contributed by atoms with van der Waals surface area (Å²) in [6.07, 6.45) is 5.60. The predicted octanol–water partition coefficient (Wildman–Crippen LogP) is 3.33. The van der Waals surface area contributed by atoms with Crippen LogP contribution in [-0.2, 0) is 0 Å². The summed E-state index contributed by atoms with van der Waals surface area (Å²) >= 11 is 1.89. The van der Waals surface area contributed by atoms with Crippen LogP contribution in [0, 0.1) is 0 Å². The van der Waals surface area contributed by atoms with Gasteiger partial charge in [0.1, 0.15) is 0 Å². The van der Waals surface area contributed by atoms with Crippen molar-refractivity contribution in [3.05, 3.63) is 29.8 Å². The smallest absolute Gasteiger partial charge is 0.321 e. The van der Waals surface area contributed by atoms with Gasteiger partial charge in [0, 0.05) is 36.1 Å². The Hall–Kier alpha value is -1.69. The van der Waals surface area contributed by atoms with Crippen LogP contribution >= 0.6 is 11.8 Å². The topological polar surface area (TPSA) is 61.4 Å². The molecule has 1 aromatic carbocycles.